The SMILES string of the molecule is C[C@H]1CCCc2sc3nc(NN)n(-c4ccccc4)c(=O)c3c21. The molecule has 0 fully saturated rings. The number of nitrogen functional groups attached to an aromatic ring is 1. The van der Waals surface area contributed by atoms with Crippen LogP contribution in [-0.2, 0) is 6.42 Å². The summed E-state index contributed by atoms with van der Waals surface area (Å²) in [5.74, 6) is 6.41. The molecule has 1 atom stereocenters. The van der Waals surface area contributed by atoms with E-state index in [9.17, 15) is 4.79 Å². The molecule has 2 aromatic heterocycles. The first-order valence-electron chi connectivity index (χ1n) is 7.81. The van der Waals surface area contributed by atoms with E-state index in [0.717, 1.165) is 28.7 Å². The summed E-state index contributed by atoms with van der Waals surface area (Å²) in [6, 6.07) is 9.50. The molecular formula is C17H18N4OS. The Hall–Kier alpha value is -2.18. The van der Waals surface area contributed by atoms with Gasteiger partial charge in [-0.25, -0.2) is 15.4 Å². The Morgan fingerprint density at radius 1 is 1.35 bits per heavy atom. The van der Waals surface area contributed by atoms with E-state index in [0.29, 0.717) is 11.9 Å². The summed E-state index contributed by atoms with van der Waals surface area (Å²) in [7, 11) is 0. The molecule has 3 aromatic rings. The van der Waals surface area contributed by atoms with Crippen molar-refractivity contribution in [1.82, 2.24) is 9.55 Å². The van der Waals surface area contributed by atoms with Crippen molar-refractivity contribution < 1.29 is 0 Å². The molecule has 3 N–H and O–H groups in total. The van der Waals surface area contributed by atoms with Crippen molar-refractivity contribution in [2.75, 3.05) is 5.43 Å². The first-order valence-corrected chi connectivity index (χ1v) is 8.62. The maximum Gasteiger partial charge on any atom is 0.268 e. The fraction of sp³-hybridized carbons (Fsp3) is 0.294. The van der Waals surface area contributed by atoms with Crippen LogP contribution in [-0.4, -0.2) is 9.55 Å². The van der Waals surface area contributed by atoms with Crippen molar-refractivity contribution in [2.45, 2.75) is 32.1 Å². The van der Waals surface area contributed by atoms with Crippen molar-refractivity contribution in [2.24, 2.45) is 5.84 Å². The minimum absolute atomic E-state index is 0.0413. The van der Waals surface area contributed by atoms with Gasteiger partial charge in [0.1, 0.15) is 4.83 Å². The number of para-hydroxylation sites is 1. The van der Waals surface area contributed by atoms with Crippen LogP contribution in [0.1, 0.15) is 36.1 Å². The highest BCUT2D eigenvalue weighted by Crippen LogP contribution is 2.40. The van der Waals surface area contributed by atoms with Crippen LogP contribution in [0.2, 0.25) is 0 Å². The molecule has 118 valence electrons. The molecule has 1 aliphatic carbocycles. The Morgan fingerprint density at radius 3 is 2.87 bits per heavy atom. The second-order valence-electron chi connectivity index (χ2n) is 5.97. The summed E-state index contributed by atoms with van der Waals surface area (Å²) >= 11 is 1.63. The van der Waals surface area contributed by atoms with Crippen molar-refractivity contribution in [3.63, 3.8) is 0 Å². The van der Waals surface area contributed by atoms with Crippen LogP contribution in [0.5, 0.6) is 0 Å². The molecule has 2 heterocycles. The van der Waals surface area contributed by atoms with Crippen molar-refractivity contribution in [3.8, 4) is 5.69 Å². The summed E-state index contributed by atoms with van der Waals surface area (Å²) < 4.78 is 1.57. The number of aryl methyl sites for hydroxylation is 1. The molecule has 0 aliphatic heterocycles. The molecule has 0 amide bonds. The predicted octanol–water partition coefficient (Wildman–Crippen LogP) is 3.17. The van der Waals surface area contributed by atoms with Gasteiger partial charge in [0.25, 0.3) is 5.56 Å². The van der Waals surface area contributed by atoms with Crippen molar-refractivity contribution in [1.29, 1.82) is 0 Å². The fourth-order valence-electron chi connectivity index (χ4n) is 3.45. The third-order valence-corrected chi connectivity index (χ3v) is 5.68. The Labute approximate surface area is 137 Å². The Balaban J connectivity index is 2.09. The average molecular weight is 326 g/mol. The Kier molecular flexibility index (Phi) is 3.43. The number of hydrogen-bond donors (Lipinski definition) is 2. The summed E-state index contributed by atoms with van der Waals surface area (Å²) in [5.41, 5.74) is 4.50. The molecule has 1 aromatic carbocycles. The molecule has 0 saturated carbocycles. The van der Waals surface area contributed by atoms with E-state index in [4.69, 9.17) is 5.84 Å². The Bertz CT molecular complexity index is 929. The molecular weight excluding hydrogens is 308 g/mol. The van der Waals surface area contributed by atoms with Crippen LogP contribution in [0.3, 0.4) is 0 Å². The number of anilines is 1. The monoisotopic (exact) mass is 326 g/mol. The number of aromatic nitrogens is 2. The van der Waals surface area contributed by atoms with E-state index in [-0.39, 0.29) is 5.56 Å². The van der Waals surface area contributed by atoms with E-state index < -0.39 is 0 Å². The van der Waals surface area contributed by atoms with E-state index in [2.05, 4.69) is 17.3 Å². The fourth-order valence-corrected chi connectivity index (χ4v) is 4.77. The number of rotatable bonds is 2. The van der Waals surface area contributed by atoms with Gasteiger partial charge in [-0.05, 0) is 42.9 Å². The zero-order valence-electron chi connectivity index (χ0n) is 12.9. The normalized spacial score (nSPS) is 17.2. The third kappa shape index (κ3) is 2.17. The minimum Gasteiger partial charge on any atom is -0.293 e. The van der Waals surface area contributed by atoms with Crippen LogP contribution < -0.4 is 16.8 Å². The average Bonchev–Trinajstić information content (AvgIpc) is 2.95. The van der Waals surface area contributed by atoms with Crippen LogP contribution in [0.25, 0.3) is 15.9 Å². The molecule has 6 heteroatoms. The van der Waals surface area contributed by atoms with Gasteiger partial charge in [0.15, 0.2) is 0 Å². The number of fused-ring (bicyclic) bond motifs is 3. The number of benzene rings is 1. The van der Waals surface area contributed by atoms with Crippen LogP contribution in [0.15, 0.2) is 35.1 Å². The molecule has 0 bridgehead atoms. The zero-order valence-corrected chi connectivity index (χ0v) is 13.7. The second-order valence-corrected chi connectivity index (χ2v) is 7.05. The minimum atomic E-state index is -0.0413. The molecule has 23 heavy (non-hydrogen) atoms. The number of nitrogens with two attached hydrogens (primary N) is 1. The van der Waals surface area contributed by atoms with Crippen LogP contribution >= 0.6 is 11.3 Å². The smallest absolute Gasteiger partial charge is 0.268 e. The van der Waals surface area contributed by atoms with Gasteiger partial charge in [0.05, 0.1) is 11.1 Å². The van der Waals surface area contributed by atoms with E-state index in [1.54, 1.807) is 15.9 Å². The summed E-state index contributed by atoms with van der Waals surface area (Å²) in [6.07, 6.45) is 3.34. The maximum absolute atomic E-state index is 13.2. The van der Waals surface area contributed by atoms with Gasteiger partial charge in [-0.15, -0.1) is 11.3 Å². The van der Waals surface area contributed by atoms with Gasteiger partial charge in [-0.3, -0.25) is 10.2 Å². The highest BCUT2D eigenvalue weighted by Gasteiger charge is 2.26. The number of hydrazine groups is 1. The van der Waals surface area contributed by atoms with E-state index in [1.807, 2.05) is 30.3 Å². The van der Waals surface area contributed by atoms with Gasteiger partial charge in [0, 0.05) is 4.88 Å². The molecule has 5 nitrogen and oxygen atoms in total. The lowest BCUT2D eigenvalue weighted by Gasteiger charge is -2.18. The lowest BCUT2D eigenvalue weighted by atomic mass is 9.88. The second kappa shape index (κ2) is 5.47. The van der Waals surface area contributed by atoms with Gasteiger partial charge in [0.2, 0.25) is 5.95 Å². The highest BCUT2D eigenvalue weighted by molar-refractivity contribution is 7.18. The first-order chi connectivity index (χ1) is 11.2. The Morgan fingerprint density at radius 2 is 2.13 bits per heavy atom. The van der Waals surface area contributed by atoms with Gasteiger partial charge >= 0.3 is 0 Å². The van der Waals surface area contributed by atoms with Crippen LogP contribution in [0.4, 0.5) is 5.95 Å². The summed E-state index contributed by atoms with van der Waals surface area (Å²) in [5, 5.41) is 0.764. The van der Waals surface area contributed by atoms with E-state index >= 15 is 0 Å². The van der Waals surface area contributed by atoms with Gasteiger partial charge in [-0.2, -0.15) is 0 Å². The van der Waals surface area contributed by atoms with Crippen molar-refractivity contribution >= 4 is 27.5 Å². The third-order valence-electron chi connectivity index (χ3n) is 4.52. The first kappa shape index (κ1) is 14.4. The lowest BCUT2D eigenvalue weighted by molar-refractivity contribution is 0.601. The molecule has 0 unspecified atom stereocenters. The number of thiophene rings is 1. The topological polar surface area (TPSA) is 72.9 Å². The lowest BCUT2D eigenvalue weighted by Crippen LogP contribution is -2.26. The highest BCUT2D eigenvalue weighted by atomic mass is 32.1. The largest absolute Gasteiger partial charge is 0.293 e. The molecule has 0 spiro atoms. The molecule has 1 aliphatic rings. The van der Waals surface area contributed by atoms with Crippen molar-refractivity contribution in [3.05, 3.63) is 51.1 Å². The predicted molar refractivity (Wildman–Crippen MR) is 94.4 cm³/mol. The zero-order chi connectivity index (χ0) is 16.0. The quantitative estimate of drug-likeness (QED) is 0.560. The van der Waals surface area contributed by atoms with Gasteiger partial charge in [-0.1, -0.05) is 25.1 Å². The number of nitrogens with one attached hydrogen (secondary N) is 1. The maximum atomic E-state index is 13.2. The number of hydrogen-bond acceptors (Lipinski definition) is 5. The standard InChI is InChI=1S/C17H18N4OS/c1-10-6-5-9-12-13(10)14-15(23-12)19-17(20-18)21(16(14)22)11-7-3-2-4-8-11/h2-4,7-8,10H,5-6,9,18H2,1H3,(H,19,20)/t10-/m0/s1. The molecule has 4 rings (SSSR count). The van der Waals surface area contributed by atoms with E-state index in [1.165, 1.54) is 16.9 Å². The summed E-state index contributed by atoms with van der Waals surface area (Å²) in [4.78, 5) is 19.9. The number of nitrogens with zero attached hydrogens (tertiary/aromatic N) is 2. The summed E-state index contributed by atoms with van der Waals surface area (Å²) in [6.45, 7) is 2.20. The van der Waals surface area contributed by atoms with Gasteiger partial charge < -0.3 is 0 Å². The van der Waals surface area contributed by atoms with Crippen LogP contribution in [0, 0.1) is 0 Å². The molecule has 0 radical (unpaired) electrons. The molecule has 0 saturated heterocycles.